The molecule has 5 heteroatoms. The molecule has 1 aromatic carbocycles. The Balaban J connectivity index is 1.63. The van der Waals surface area contributed by atoms with Gasteiger partial charge in [0.05, 0.1) is 25.5 Å². The first-order chi connectivity index (χ1) is 14.3. The van der Waals surface area contributed by atoms with Gasteiger partial charge in [-0.1, -0.05) is 12.1 Å². The molecule has 0 aliphatic heterocycles. The van der Waals surface area contributed by atoms with E-state index < -0.39 is 0 Å². The van der Waals surface area contributed by atoms with Crippen molar-refractivity contribution in [1.29, 1.82) is 0 Å². The quantitative estimate of drug-likeness (QED) is 0.542. The summed E-state index contributed by atoms with van der Waals surface area (Å²) in [6, 6.07) is 16.2. The van der Waals surface area contributed by atoms with Crippen LogP contribution in [-0.4, -0.2) is 23.2 Å². The van der Waals surface area contributed by atoms with Crippen molar-refractivity contribution < 1.29 is 9.47 Å². The van der Waals surface area contributed by atoms with Crippen molar-refractivity contribution >= 4 is 5.69 Å². The van der Waals surface area contributed by atoms with E-state index in [1.807, 2.05) is 36.7 Å². The Hall–Kier alpha value is -3.08. The molecule has 4 rings (SSSR count). The molecule has 1 aliphatic rings. The standard InChI is InChI=1S/C24H27N3O2/c1-28-23-12-11-21(15-24(23)29-22-9-2-3-10-22)27(17-19-7-6-13-25-16-19)18-20-8-4-5-14-26-20/h4-8,11-16,22H,2-3,9-10,17-18H2,1H3. The summed E-state index contributed by atoms with van der Waals surface area (Å²) in [5.41, 5.74) is 3.25. The lowest BCUT2D eigenvalue weighted by Gasteiger charge is -2.26. The van der Waals surface area contributed by atoms with Crippen molar-refractivity contribution in [1.82, 2.24) is 9.97 Å². The van der Waals surface area contributed by atoms with Crippen molar-refractivity contribution in [2.45, 2.75) is 44.9 Å². The van der Waals surface area contributed by atoms with Crippen LogP contribution in [-0.2, 0) is 13.1 Å². The van der Waals surface area contributed by atoms with Gasteiger partial charge in [-0.15, -0.1) is 0 Å². The fourth-order valence-electron chi connectivity index (χ4n) is 3.78. The van der Waals surface area contributed by atoms with Gasteiger partial charge in [0.1, 0.15) is 0 Å². The Bertz CT molecular complexity index is 855. The lowest BCUT2D eigenvalue weighted by atomic mass is 10.2. The van der Waals surface area contributed by atoms with Crippen molar-refractivity contribution in [3.05, 3.63) is 78.4 Å². The average molecular weight is 389 g/mol. The number of hydrogen-bond acceptors (Lipinski definition) is 5. The highest BCUT2D eigenvalue weighted by Gasteiger charge is 2.20. The van der Waals surface area contributed by atoms with Gasteiger partial charge in [0, 0.05) is 36.9 Å². The van der Waals surface area contributed by atoms with Crippen LogP contribution in [0.1, 0.15) is 36.9 Å². The maximum atomic E-state index is 6.31. The molecule has 1 fully saturated rings. The molecule has 0 spiro atoms. The predicted octanol–water partition coefficient (Wildman–Crippen LogP) is 5.01. The number of benzene rings is 1. The predicted molar refractivity (Wildman–Crippen MR) is 114 cm³/mol. The number of methoxy groups -OCH3 is 1. The maximum absolute atomic E-state index is 6.31. The summed E-state index contributed by atoms with van der Waals surface area (Å²) in [6.45, 7) is 1.44. The summed E-state index contributed by atoms with van der Waals surface area (Å²) in [6.07, 6.45) is 10.5. The van der Waals surface area contributed by atoms with Crippen LogP contribution < -0.4 is 14.4 Å². The van der Waals surface area contributed by atoms with Crippen molar-refractivity contribution in [2.75, 3.05) is 12.0 Å². The molecule has 0 amide bonds. The van der Waals surface area contributed by atoms with Gasteiger partial charge in [0.15, 0.2) is 11.5 Å². The lowest BCUT2D eigenvalue weighted by molar-refractivity contribution is 0.201. The summed E-state index contributed by atoms with van der Waals surface area (Å²) in [5.74, 6) is 1.59. The highest BCUT2D eigenvalue weighted by molar-refractivity contribution is 5.57. The third-order valence-electron chi connectivity index (χ3n) is 5.28. The summed E-state index contributed by atoms with van der Waals surface area (Å²) in [5, 5.41) is 0. The molecular weight excluding hydrogens is 362 g/mol. The molecule has 0 radical (unpaired) electrons. The number of hydrogen-bond donors (Lipinski definition) is 0. The molecule has 0 atom stereocenters. The number of ether oxygens (including phenoxy) is 2. The average Bonchev–Trinajstić information content (AvgIpc) is 3.28. The van der Waals surface area contributed by atoms with Crippen molar-refractivity contribution in [3.8, 4) is 11.5 Å². The van der Waals surface area contributed by atoms with Crippen LogP contribution in [0.4, 0.5) is 5.69 Å². The second-order valence-corrected chi connectivity index (χ2v) is 7.40. The lowest BCUT2D eigenvalue weighted by Crippen LogP contribution is -2.23. The molecule has 29 heavy (non-hydrogen) atoms. The Kier molecular flexibility index (Phi) is 6.25. The van der Waals surface area contributed by atoms with Gasteiger partial charge in [0.25, 0.3) is 0 Å². The first kappa shape index (κ1) is 19.2. The normalized spacial score (nSPS) is 14.0. The second-order valence-electron chi connectivity index (χ2n) is 7.40. The van der Waals surface area contributed by atoms with E-state index in [4.69, 9.17) is 9.47 Å². The van der Waals surface area contributed by atoms with E-state index in [1.165, 1.54) is 12.8 Å². The van der Waals surface area contributed by atoms with Crippen LogP contribution in [0.3, 0.4) is 0 Å². The zero-order valence-electron chi connectivity index (χ0n) is 16.8. The van der Waals surface area contributed by atoms with E-state index in [1.54, 1.807) is 13.3 Å². The molecule has 150 valence electrons. The summed E-state index contributed by atoms with van der Waals surface area (Å²) in [7, 11) is 1.69. The highest BCUT2D eigenvalue weighted by atomic mass is 16.5. The molecule has 0 saturated heterocycles. The van der Waals surface area contributed by atoms with E-state index in [-0.39, 0.29) is 6.10 Å². The topological polar surface area (TPSA) is 47.5 Å². The van der Waals surface area contributed by atoms with Crippen molar-refractivity contribution in [3.63, 3.8) is 0 Å². The van der Waals surface area contributed by atoms with E-state index in [9.17, 15) is 0 Å². The van der Waals surface area contributed by atoms with Crippen LogP contribution in [0.2, 0.25) is 0 Å². The fraction of sp³-hybridized carbons (Fsp3) is 0.333. The maximum Gasteiger partial charge on any atom is 0.163 e. The fourth-order valence-corrected chi connectivity index (χ4v) is 3.78. The summed E-state index contributed by atoms with van der Waals surface area (Å²) >= 11 is 0. The second kappa shape index (κ2) is 9.41. The molecule has 2 heterocycles. The van der Waals surface area contributed by atoms with Crippen molar-refractivity contribution in [2.24, 2.45) is 0 Å². The first-order valence-electron chi connectivity index (χ1n) is 10.2. The van der Waals surface area contributed by atoms with E-state index in [2.05, 4.69) is 39.1 Å². The van der Waals surface area contributed by atoms with Gasteiger partial charge in [-0.3, -0.25) is 9.97 Å². The zero-order valence-corrected chi connectivity index (χ0v) is 16.8. The van der Waals surface area contributed by atoms with Gasteiger partial charge < -0.3 is 14.4 Å². The van der Waals surface area contributed by atoms with Gasteiger partial charge in [-0.2, -0.15) is 0 Å². The molecule has 0 unspecified atom stereocenters. The van der Waals surface area contributed by atoms with Crippen LogP contribution in [0.5, 0.6) is 11.5 Å². The third kappa shape index (κ3) is 5.05. The molecule has 5 nitrogen and oxygen atoms in total. The smallest absolute Gasteiger partial charge is 0.163 e. The minimum absolute atomic E-state index is 0.279. The highest BCUT2D eigenvalue weighted by Crippen LogP contribution is 2.35. The van der Waals surface area contributed by atoms with Gasteiger partial charge in [0.2, 0.25) is 0 Å². The Morgan fingerprint density at radius 3 is 2.59 bits per heavy atom. The molecule has 1 aliphatic carbocycles. The molecule has 3 aromatic rings. The molecule has 0 N–H and O–H groups in total. The molecular formula is C24H27N3O2. The van der Waals surface area contributed by atoms with Crippen LogP contribution in [0.25, 0.3) is 0 Å². The Morgan fingerprint density at radius 2 is 1.86 bits per heavy atom. The summed E-state index contributed by atoms with van der Waals surface area (Å²) < 4.78 is 11.9. The van der Waals surface area contributed by atoms with Crippen LogP contribution >= 0.6 is 0 Å². The number of pyridine rings is 2. The Morgan fingerprint density at radius 1 is 0.966 bits per heavy atom. The Labute approximate surface area is 172 Å². The molecule has 1 saturated carbocycles. The van der Waals surface area contributed by atoms with Gasteiger partial charge >= 0.3 is 0 Å². The first-order valence-corrected chi connectivity index (χ1v) is 10.2. The van der Waals surface area contributed by atoms with Crippen LogP contribution in [0.15, 0.2) is 67.1 Å². The summed E-state index contributed by atoms with van der Waals surface area (Å²) in [4.78, 5) is 11.1. The molecule has 2 aromatic heterocycles. The monoisotopic (exact) mass is 389 g/mol. The SMILES string of the molecule is COc1ccc(N(Cc2cccnc2)Cc2ccccn2)cc1OC1CCCC1. The minimum Gasteiger partial charge on any atom is -0.493 e. The minimum atomic E-state index is 0.279. The van der Waals surface area contributed by atoms with Gasteiger partial charge in [-0.25, -0.2) is 0 Å². The third-order valence-corrected chi connectivity index (χ3v) is 5.28. The van der Waals surface area contributed by atoms with Gasteiger partial charge in [-0.05, 0) is 61.6 Å². The molecule has 0 bridgehead atoms. The number of rotatable bonds is 8. The number of anilines is 1. The zero-order chi connectivity index (χ0) is 19.9. The van der Waals surface area contributed by atoms with E-state index in [0.29, 0.717) is 6.54 Å². The van der Waals surface area contributed by atoms with E-state index >= 15 is 0 Å². The van der Waals surface area contributed by atoms with E-state index in [0.717, 1.165) is 47.8 Å². The largest absolute Gasteiger partial charge is 0.493 e. The van der Waals surface area contributed by atoms with Crippen LogP contribution in [0, 0.1) is 0 Å². The number of nitrogens with zero attached hydrogens (tertiary/aromatic N) is 3. The number of aromatic nitrogens is 2.